The van der Waals surface area contributed by atoms with Crippen molar-refractivity contribution in [3.63, 3.8) is 0 Å². The van der Waals surface area contributed by atoms with E-state index in [0.29, 0.717) is 0 Å². The lowest BCUT2D eigenvalue weighted by Gasteiger charge is -2.08. The Morgan fingerprint density at radius 1 is 1.45 bits per heavy atom. The second-order valence-electron chi connectivity index (χ2n) is 5.04. The van der Waals surface area contributed by atoms with Gasteiger partial charge in [0.1, 0.15) is 5.82 Å². The standard InChI is InChI=1S/C15H18ClN3S/c1-10-3-4-11(9-13(10)16)19-15-12(5-7-17-15)14(18-19)6-8-20-2/h3-4,9,17H,5-8H2,1-2H3. The Labute approximate surface area is 128 Å². The van der Waals surface area contributed by atoms with Crippen LogP contribution in [0, 0.1) is 6.92 Å². The number of nitrogens with one attached hydrogen (secondary N) is 1. The quantitative estimate of drug-likeness (QED) is 0.934. The number of benzene rings is 1. The molecular formula is C15H18ClN3S. The van der Waals surface area contributed by atoms with Gasteiger partial charge in [-0.05, 0) is 43.0 Å². The molecule has 3 nitrogen and oxygen atoms in total. The maximum atomic E-state index is 6.24. The van der Waals surface area contributed by atoms with E-state index in [1.165, 1.54) is 11.3 Å². The van der Waals surface area contributed by atoms with E-state index < -0.39 is 0 Å². The maximum Gasteiger partial charge on any atom is 0.133 e. The molecule has 2 aromatic rings. The molecule has 2 heterocycles. The summed E-state index contributed by atoms with van der Waals surface area (Å²) in [5.74, 6) is 2.25. The fourth-order valence-corrected chi connectivity index (χ4v) is 3.12. The normalized spacial score (nSPS) is 13.3. The van der Waals surface area contributed by atoms with Crippen LogP contribution in [0.4, 0.5) is 5.82 Å². The average molecular weight is 308 g/mol. The summed E-state index contributed by atoms with van der Waals surface area (Å²) in [7, 11) is 0. The first kappa shape index (κ1) is 13.8. The van der Waals surface area contributed by atoms with E-state index in [4.69, 9.17) is 16.7 Å². The van der Waals surface area contributed by atoms with Crippen LogP contribution in [0.5, 0.6) is 0 Å². The van der Waals surface area contributed by atoms with Crippen molar-refractivity contribution < 1.29 is 0 Å². The highest BCUT2D eigenvalue weighted by molar-refractivity contribution is 7.98. The minimum absolute atomic E-state index is 0.787. The molecule has 0 atom stereocenters. The van der Waals surface area contributed by atoms with E-state index >= 15 is 0 Å². The van der Waals surface area contributed by atoms with Gasteiger partial charge in [0, 0.05) is 23.6 Å². The topological polar surface area (TPSA) is 29.9 Å². The molecule has 0 aliphatic carbocycles. The van der Waals surface area contributed by atoms with Crippen LogP contribution in [0.15, 0.2) is 18.2 Å². The molecule has 0 spiro atoms. The zero-order valence-electron chi connectivity index (χ0n) is 11.7. The molecule has 0 fully saturated rings. The van der Waals surface area contributed by atoms with Crippen LogP contribution in [0.3, 0.4) is 0 Å². The van der Waals surface area contributed by atoms with E-state index in [-0.39, 0.29) is 0 Å². The molecule has 1 N–H and O–H groups in total. The summed E-state index contributed by atoms with van der Waals surface area (Å²) in [6.45, 7) is 3.01. The van der Waals surface area contributed by atoms with Gasteiger partial charge in [0.15, 0.2) is 0 Å². The Morgan fingerprint density at radius 3 is 3.05 bits per heavy atom. The third kappa shape index (κ3) is 2.42. The summed E-state index contributed by atoms with van der Waals surface area (Å²) in [6.07, 6.45) is 4.23. The number of fused-ring (bicyclic) bond motifs is 1. The van der Waals surface area contributed by atoms with Crippen molar-refractivity contribution in [3.05, 3.63) is 40.0 Å². The van der Waals surface area contributed by atoms with Gasteiger partial charge >= 0.3 is 0 Å². The minimum Gasteiger partial charge on any atom is -0.369 e. The summed E-state index contributed by atoms with van der Waals surface area (Å²) in [5, 5.41) is 9.03. The van der Waals surface area contributed by atoms with E-state index in [2.05, 4.69) is 17.6 Å². The van der Waals surface area contributed by atoms with Crippen molar-refractivity contribution in [1.29, 1.82) is 0 Å². The molecule has 0 amide bonds. The summed E-state index contributed by atoms with van der Waals surface area (Å²) < 4.78 is 2.00. The Hall–Kier alpha value is -1.13. The number of anilines is 1. The molecule has 5 heteroatoms. The smallest absolute Gasteiger partial charge is 0.133 e. The lowest BCUT2D eigenvalue weighted by Crippen LogP contribution is -2.05. The highest BCUT2D eigenvalue weighted by Crippen LogP contribution is 2.30. The van der Waals surface area contributed by atoms with Crippen LogP contribution in [0.2, 0.25) is 5.02 Å². The summed E-state index contributed by atoms with van der Waals surface area (Å²) in [5.41, 5.74) is 4.71. The zero-order valence-corrected chi connectivity index (χ0v) is 13.3. The van der Waals surface area contributed by atoms with E-state index in [0.717, 1.165) is 47.2 Å². The number of hydrogen-bond acceptors (Lipinski definition) is 3. The van der Waals surface area contributed by atoms with Crippen LogP contribution >= 0.6 is 23.4 Å². The van der Waals surface area contributed by atoms with Crippen molar-refractivity contribution in [2.45, 2.75) is 19.8 Å². The molecule has 1 aliphatic rings. The van der Waals surface area contributed by atoms with Gasteiger partial charge in [-0.15, -0.1) is 0 Å². The molecule has 106 valence electrons. The molecule has 0 saturated heterocycles. The van der Waals surface area contributed by atoms with Gasteiger partial charge in [0.05, 0.1) is 11.4 Å². The van der Waals surface area contributed by atoms with Crippen molar-refractivity contribution in [3.8, 4) is 5.69 Å². The van der Waals surface area contributed by atoms with E-state index in [1.807, 2.05) is 35.5 Å². The Kier molecular flexibility index (Phi) is 3.94. The first-order chi connectivity index (χ1) is 9.70. The van der Waals surface area contributed by atoms with Gasteiger partial charge in [-0.3, -0.25) is 0 Å². The number of halogens is 1. The van der Waals surface area contributed by atoms with E-state index in [9.17, 15) is 0 Å². The van der Waals surface area contributed by atoms with Gasteiger partial charge in [-0.2, -0.15) is 16.9 Å². The molecule has 0 radical (unpaired) electrons. The molecule has 1 aromatic carbocycles. The second-order valence-corrected chi connectivity index (χ2v) is 6.43. The highest BCUT2D eigenvalue weighted by atomic mass is 35.5. The molecular weight excluding hydrogens is 290 g/mol. The SMILES string of the molecule is CSCCc1nn(-c2ccc(C)c(Cl)c2)c2c1CCN2. The Bertz CT molecular complexity index is 636. The third-order valence-corrected chi connectivity index (χ3v) is 4.70. The average Bonchev–Trinajstić information content (AvgIpc) is 3.02. The monoisotopic (exact) mass is 307 g/mol. The number of thioether (sulfide) groups is 1. The Balaban J connectivity index is 2.03. The summed E-state index contributed by atoms with van der Waals surface area (Å²) in [6, 6.07) is 6.11. The van der Waals surface area contributed by atoms with Crippen LogP contribution in [-0.2, 0) is 12.8 Å². The third-order valence-electron chi connectivity index (χ3n) is 3.68. The Morgan fingerprint density at radius 2 is 2.30 bits per heavy atom. The predicted molar refractivity (Wildman–Crippen MR) is 87.6 cm³/mol. The lowest BCUT2D eigenvalue weighted by atomic mass is 10.2. The van der Waals surface area contributed by atoms with Crippen molar-refractivity contribution in [2.24, 2.45) is 0 Å². The molecule has 20 heavy (non-hydrogen) atoms. The van der Waals surface area contributed by atoms with E-state index in [1.54, 1.807) is 0 Å². The molecule has 1 aliphatic heterocycles. The van der Waals surface area contributed by atoms with Crippen LogP contribution < -0.4 is 5.32 Å². The second kappa shape index (κ2) is 5.70. The highest BCUT2D eigenvalue weighted by Gasteiger charge is 2.22. The molecule has 3 rings (SSSR count). The number of nitrogens with zero attached hydrogens (tertiary/aromatic N) is 2. The van der Waals surface area contributed by atoms with Gasteiger partial charge < -0.3 is 5.32 Å². The van der Waals surface area contributed by atoms with Gasteiger partial charge in [0.25, 0.3) is 0 Å². The summed E-state index contributed by atoms with van der Waals surface area (Å²) in [4.78, 5) is 0. The summed E-state index contributed by atoms with van der Waals surface area (Å²) >= 11 is 8.10. The van der Waals surface area contributed by atoms with Crippen LogP contribution in [0.1, 0.15) is 16.8 Å². The van der Waals surface area contributed by atoms with Crippen molar-refractivity contribution in [1.82, 2.24) is 9.78 Å². The minimum atomic E-state index is 0.787. The van der Waals surface area contributed by atoms with Crippen molar-refractivity contribution >= 4 is 29.2 Å². The number of rotatable bonds is 4. The van der Waals surface area contributed by atoms with Crippen LogP contribution in [0.25, 0.3) is 5.69 Å². The molecule has 0 unspecified atom stereocenters. The molecule has 0 bridgehead atoms. The fraction of sp³-hybridized carbons (Fsp3) is 0.400. The lowest BCUT2D eigenvalue weighted by molar-refractivity contribution is 0.834. The predicted octanol–water partition coefficient (Wildman–Crippen LogP) is 3.71. The largest absolute Gasteiger partial charge is 0.369 e. The molecule has 1 aromatic heterocycles. The van der Waals surface area contributed by atoms with Gasteiger partial charge in [-0.25, -0.2) is 4.68 Å². The van der Waals surface area contributed by atoms with Crippen LogP contribution in [-0.4, -0.2) is 28.3 Å². The number of aryl methyl sites for hydroxylation is 2. The first-order valence-electron chi connectivity index (χ1n) is 6.81. The van der Waals surface area contributed by atoms with Gasteiger partial charge in [0.2, 0.25) is 0 Å². The molecule has 0 saturated carbocycles. The van der Waals surface area contributed by atoms with Crippen molar-refractivity contribution in [2.75, 3.05) is 23.9 Å². The van der Waals surface area contributed by atoms with Gasteiger partial charge in [-0.1, -0.05) is 17.7 Å². The first-order valence-corrected chi connectivity index (χ1v) is 8.58. The number of hydrogen-bond donors (Lipinski definition) is 1. The maximum absolute atomic E-state index is 6.24. The zero-order chi connectivity index (χ0) is 14.1. The fourth-order valence-electron chi connectivity index (χ4n) is 2.55. The number of aromatic nitrogens is 2.